The van der Waals surface area contributed by atoms with E-state index in [1.807, 2.05) is 0 Å². The molecule has 0 saturated heterocycles. The standard InChI is InChI=1S/C66H68BN2O2/c1-61(2)27-29-63(5,6)47-33-38(21-24-45(47)61)68-52-26-23-42-40-17-13-15-19-54(40)70-59(42)56(52)44-35-43-41-18-14-16-20-55(41)71-60(43)58-57(44)67-51-36-49-50(66(11,12)32-31-65(49,9)10)37-53(51)69(58)39-22-25-46-48(34-39)64(7,8)30-28-62(46,3)4/h13-26,33-37,68H,27-32H2,1-12H3. The number of hydrogen-bond donors (Lipinski definition) is 1. The van der Waals surface area contributed by atoms with Gasteiger partial charge in [-0.15, -0.1) is 0 Å². The Hall–Kier alpha value is -6.20. The van der Waals surface area contributed by atoms with Gasteiger partial charge in [-0.05, 0) is 176 Å². The average molecular weight is 932 g/mol. The van der Waals surface area contributed by atoms with Crippen LogP contribution in [0.15, 0.2) is 124 Å². The lowest BCUT2D eigenvalue weighted by Gasteiger charge is -2.45. The molecule has 2 aromatic heterocycles. The van der Waals surface area contributed by atoms with Crippen LogP contribution in [0.2, 0.25) is 0 Å². The SMILES string of the molecule is CC1(C)CCC(C)(C)c2cc(Nc3ccc4c(oc5ccccc54)c3-c3cc4c(oc5ccccc54)c4c3[B]c3cc5c(cc3N4c3ccc4c(c3)C(C)(C)CCC4(C)C)C(C)(C)CCC5(C)C)ccc21. The molecule has 71 heavy (non-hydrogen) atoms. The molecule has 0 spiro atoms. The van der Waals surface area contributed by atoms with Crippen molar-refractivity contribution in [3.8, 4) is 11.1 Å². The Morgan fingerprint density at radius 3 is 1.58 bits per heavy atom. The van der Waals surface area contributed by atoms with Crippen molar-refractivity contribution in [2.45, 2.75) is 154 Å². The molecule has 9 aromatic rings. The summed E-state index contributed by atoms with van der Waals surface area (Å²) in [6, 6.07) is 43.7. The number of hydrogen-bond acceptors (Lipinski definition) is 4. The lowest BCUT2D eigenvalue weighted by Crippen LogP contribution is -2.44. The second kappa shape index (κ2) is 14.7. The molecule has 4 nitrogen and oxygen atoms in total. The van der Waals surface area contributed by atoms with E-state index in [0.717, 1.165) is 109 Å². The minimum absolute atomic E-state index is 0.0173. The monoisotopic (exact) mass is 932 g/mol. The molecule has 3 aliphatic carbocycles. The van der Waals surface area contributed by atoms with Gasteiger partial charge in [0.15, 0.2) is 12.9 Å². The number of fused-ring (bicyclic) bond motifs is 12. The van der Waals surface area contributed by atoms with Gasteiger partial charge in [0.25, 0.3) is 0 Å². The molecular weight excluding hydrogens is 864 g/mol. The highest BCUT2D eigenvalue weighted by molar-refractivity contribution is 6.74. The molecule has 13 rings (SSSR count). The summed E-state index contributed by atoms with van der Waals surface area (Å²) >= 11 is 0. The smallest absolute Gasteiger partial charge is 0.198 e. The summed E-state index contributed by atoms with van der Waals surface area (Å²) < 4.78 is 14.4. The summed E-state index contributed by atoms with van der Waals surface area (Å²) in [5.41, 5.74) is 22.6. The van der Waals surface area contributed by atoms with Gasteiger partial charge in [-0.2, -0.15) is 0 Å². The van der Waals surface area contributed by atoms with Crippen LogP contribution in [-0.4, -0.2) is 7.28 Å². The summed E-state index contributed by atoms with van der Waals surface area (Å²) in [4.78, 5) is 2.59. The van der Waals surface area contributed by atoms with E-state index in [1.165, 1.54) is 57.4 Å². The number of nitrogens with zero attached hydrogens (tertiary/aromatic N) is 1. The maximum absolute atomic E-state index is 7.23. The number of rotatable bonds is 4. The van der Waals surface area contributed by atoms with Gasteiger partial charge in [0, 0.05) is 44.2 Å². The molecule has 0 fully saturated rings. The quantitative estimate of drug-likeness (QED) is 0.179. The summed E-state index contributed by atoms with van der Waals surface area (Å²) in [7, 11) is 2.49. The molecule has 0 saturated carbocycles. The van der Waals surface area contributed by atoms with Crippen LogP contribution in [-0.2, 0) is 32.5 Å². The van der Waals surface area contributed by atoms with Crippen molar-refractivity contribution in [3.63, 3.8) is 0 Å². The summed E-state index contributed by atoms with van der Waals surface area (Å²) in [6.45, 7) is 29.2. The highest BCUT2D eigenvalue weighted by Gasteiger charge is 2.43. The van der Waals surface area contributed by atoms with Gasteiger partial charge >= 0.3 is 0 Å². The number of benzene rings is 7. The van der Waals surface area contributed by atoms with E-state index < -0.39 is 0 Å². The van der Waals surface area contributed by atoms with E-state index in [2.05, 4.69) is 216 Å². The van der Waals surface area contributed by atoms with E-state index in [0.29, 0.717) is 0 Å². The third-order valence-corrected chi connectivity index (χ3v) is 18.5. The Balaban J connectivity index is 1.14. The topological polar surface area (TPSA) is 41.6 Å². The van der Waals surface area contributed by atoms with Crippen molar-refractivity contribution in [1.29, 1.82) is 0 Å². The molecule has 1 aliphatic heterocycles. The van der Waals surface area contributed by atoms with Crippen LogP contribution in [0.5, 0.6) is 0 Å². The van der Waals surface area contributed by atoms with Crippen LogP contribution in [0, 0.1) is 0 Å². The first kappa shape index (κ1) is 44.7. The fourth-order valence-corrected chi connectivity index (χ4v) is 13.6. The normalized spacial score (nSPS) is 19.7. The van der Waals surface area contributed by atoms with Crippen molar-refractivity contribution in [3.05, 3.63) is 149 Å². The second-order valence-electron chi connectivity index (χ2n) is 26.0. The molecule has 4 aliphatic rings. The van der Waals surface area contributed by atoms with E-state index in [-0.39, 0.29) is 32.5 Å². The Morgan fingerprint density at radius 2 is 0.958 bits per heavy atom. The zero-order valence-electron chi connectivity index (χ0n) is 44.1. The molecular formula is C66H68BN2O2. The molecule has 0 atom stereocenters. The number of nitrogens with one attached hydrogen (secondary N) is 1. The first-order valence-corrected chi connectivity index (χ1v) is 26.5. The lowest BCUT2D eigenvalue weighted by molar-refractivity contribution is 0.332. The van der Waals surface area contributed by atoms with E-state index in [4.69, 9.17) is 8.83 Å². The van der Waals surface area contributed by atoms with Crippen LogP contribution >= 0.6 is 0 Å². The van der Waals surface area contributed by atoms with Crippen molar-refractivity contribution < 1.29 is 8.83 Å². The Morgan fingerprint density at radius 1 is 0.451 bits per heavy atom. The summed E-state index contributed by atoms with van der Waals surface area (Å²) in [6.07, 6.45) is 6.93. The van der Waals surface area contributed by atoms with E-state index in [9.17, 15) is 0 Å². The van der Waals surface area contributed by atoms with Crippen LogP contribution < -0.4 is 21.1 Å². The highest BCUT2D eigenvalue weighted by atomic mass is 16.3. The molecule has 1 radical (unpaired) electrons. The zero-order valence-corrected chi connectivity index (χ0v) is 44.1. The Labute approximate surface area is 421 Å². The van der Waals surface area contributed by atoms with Crippen LogP contribution in [0.25, 0.3) is 55.0 Å². The predicted octanol–water partition coefficient (Wildman–Crippen LogP) is 17.4. The molecule has 0 amide bonds. The van der Waals surface area contributed by atoms with Crippen molar-refractivity contribution >= 4 is 90.5 Å². The molecule has 3 heterocycles. The lowest BCUT2D eigenvalue weighted by atomic mass is 9.55. The van der Waals surface area contributed by atoms with Gasteiger partial charge in [0.05, 0.1) is 11.4 Å². The number of anilines is 5. The molecule has 357 valence electrons. The summed E-state index contributed by atoms with van der Waals surface area (Å²) in [5.74, 6) is 0. The van der Waals surface area contributed by atoms with E-state index in [1.54, 1.807) is 0 Å². The van der Waals surface area contributed by atoms with Gasteiger partial charge < -0.3 is 19.1 Å². The van der Waals surface area contributed by atoms with Crippen LogP contribution in [0.4, 0.5) is 28.4 Å². The maximum atomic E-state index is 7.23. The fraction of sp³-hybridized carbons (Fsp3) is 0.364. The number of para-hydroxylation sites is 2. The van der Waals surface area contributed by atoms with Gasteiger partial charge in [-0.1, -0.05) is 143 Å². The largest absolute Gasteiger partial charge is 0.455 e. The van der Waals surface area contributed by atoms with E-state index >= 15 is 0 Å². The van der Waals surface area contributed by atoms with Gasteiger partial charge in [-0.3, -0.25) is 0 Å². The van der Waals surface area contributed by atoms with Gasteiger partial charge in [0.2, 0.25) is 0 Å². The average Bonchev–Trinajstić information content (AvgIpc) is 3.91. The first-order valence-electron chi connectivity index (χ1n) is 26.5. The predicted molar refractivity (Wildman–Crippen MR) is 302 cm³/mol. The molecule has 0 unspecified atom stereocenters. The third-order valence-electron chi connectivity index (χ3n) is 18.5. The second-order valence-corrected chi connectivity index (χ2v) is 26.0. The maximum Gasteiger partial charge on any atom is 0.198 e. The minimum Gasteiger partial charge on any atom is -0.455 e. The van der Waals surface area contributed by atoms with Crippen molar-refractivity contribution in [2.24, 2.45) is 0 Å². The van der Waals surface area contributed by atoms with Crippen LogP contribution in [0.3, 0.4) is 0 Å². The Kier molecular flexibility index (Phi) is 9.27. The van der Waals surface area contributed by atoms with Gasteiger partial charge in [0.1, 0.15) is 16.7 Å². The summed E-state index contributed by atoms with van der Waals surface area (Å²) in [5, 5.41) is 8.48. The Bertz CT molecular complexity index is 3740. The molecule has 1 N–H and O–H groups in total. The van der Waals surface area contributed by atoms with Crippen molar-refractivity contribution in [2.75, 3.05) is 10.2 Å². The van der Waals surface area contributed by atoms with Crippen LogP contribution in [0.1, 0.15) is 155 Å². The molecule has 7 aromatic carbocycles. The highest BCUT2D eigenvalue weighted by Crippen LogP contribution is 2.54. The minimum atomic E-state index is 0.0173. The number of furan rings is 2. The van der Waals surface area contributed by atoms with Crippen molar-refractivity contribution in [1.82, 2.24) is 0 Å². The first-order chi connectivity index (χ1) is 33.6. The molecule has 5 heteroatoms. The molecule has 0 bridgehead atoms. The zero-order chi connectivity index (χ0) is 49.4. The fourth-order valence-electron chi connectivity index (χ4n) is 13.6. The van der Waals surface area contributed by atoms with Gasteiger partial charge in [-0.25, -0.2) is 0 Å². The third kappa shape index (κ3) is 6.62.